The van der Waals surface area contributed by atoms with Crippen LogP contribution >= 0.6 is 0 Å². The van der Waals surface area contributed by atoms with Crippen molar-refractivity contribution in [1.29, 1.82) is 0 Å². The third kappa shape index (κ3) is 2.40. The van der Waals surface area contributed by atoms with Crippen LogP contribution in [-0.4, -0.2) is 17.0 Å². The molecule has 0 atom stereocenters. The summed E-state index contributed by atoms with van der Waals surface area (Å²) in [5.41, 5.74) is 0.910. The lowest BCUT2D eigenvalue weighted by molar-refractivity contribution is 0.0697. The molecule has 0 spiro atoms. The summed E-state index contributed by atoms with van der Waals surface area (Å²) in [6.45, 7) is 0. The molecule has 2 aromatic carbocycles. The standard InChI is InChI=1S/C14H9NO4/c16-13(15-19)11-7-3-1-5-9(11)10-6-2-4-8-12(10)14(17)18/h1-8H,(H,17,18). The molecule has 0 saturated carbocycles. The van der Waals surface area contributed by atoms with Crippen molar-refractivity contribution >= 4 is 11.9 Å². The molecule has 0 bridgehead atoms. The molecule has 0 fully saturated rings. The molecule has 5 heteroatoms. The average Bonchev–Trinajstić information content (AvgIpc) is 2.46. The van der Waals surface area contributed by atoms with Gasteiger partial charge in [-0.15, -0.1) is 4.91 Å². The van der Waals surface area contributed by atoms with E-state index in [1.165, 1.54) is 12.1 Å². The number of carbonyl (C=O) groups is 2. The number of nitrogens with zero attached hydrogens (tertiary/aromatic N) is 1. The van der Waals surface area contributed by atoms with Crippen LogP contribution in [0.25, 0.3) is 11.1 Å². The number of nitroso groups, excluding NO2 is 1. The maximum atomic E-state index is 11.5. The van der Waals surface area contributed by atoms with Gasteiger partial charge in [0, 0.05) is 5.18 Å². The van der Waals surface area contributed by atoms with E-state index in [1.807, 2.05) is 0 Å². The number of amides is 1. The monoisotopic (exact) mass is 255 g/mol. The first-order chi connectivity index (χ1) is 9.15. The Kier molecular flexibility index (Phi) is 3.47. The highest BCUT2D eigenvalue weighted by molar-refractivity contribution is 6.04. The molecule has 0 aliphatic carbocycles. The van der Waals surface area contributed by atoms with E-state index >= 15 is 0 Å². The van der Waals surface area contributed by atoms with E-state index in [9.17, 15) is 14.5 Å². The topological polar surface area (TPSA) is 83.8 Å². The number of carbonyl (C=O) groups excluding carboxylic acids is 1. The molecular weight excluding hydrogens is 246 g/mol. The number of hydrogen-bond acceptors (Lipinski definition) is 3. The Balaban J connectivity index is 2.69. The van der Waals surface area contributed by atoms with Crippen molar-refractivity contribution < 1.29 is 14.7 Å². The zero-order valence-corrected chi connectivity index (χ0v) is 9.74. The average molecular weight is 255 g/mol. The molecule has 0 saturated heterocycles. The van der Waals surface area contributed by atoms with Crippen LogP contribution in [0.5, 0.6) is 0 Å². The van der Waals surface area contributed by atoms with Gasteiger partial charge in [-0.05, 0) is 23.3 Å². The lowest BCUT2D eigenvalue weighted by Crippen LogP contribution is -2.02. The molecule has 0 heterocycles. The Morgan fingerprint density at radius 2 is 1.32 bits per heavy atom. The molecule has 1 N–H and O–H groups in total. The van der Waals surface area contributed by atoms with Gasteiger partial charge in [-0.3, -0.25) is 4.79 Å². The van der Waals surface area contributed by atoms with Crippen molar-refractivity contribution in [1.82, 2.24) is 0 Å². The number of hydrogen-bond donors (Lipinski definition) is 1. The van der Waals surface area contributed by atoms with E-state index < -0.39 is 11.9 Å². The van der Waals surface area contributed by atoms with Crippen LogP contribution < -0.4 is 0 Å². The molecular formula is C14H9NO4. The molecule has 0 unspecified atom stereocenters. The van der Waals surface area contributed by atoms with Crippen LogP contribution in [0.2, 0.25) is 0 Å². The van der Waals surface area contributed by atoms with Gasteiger partial charge in [0.15, 0.2) is 0 Å². The summed E-state index contributed by atoms with van der Waals surface area (Å²) in [5.74, 6) is -2.02. The molecule has 19 heavy (non-hydrogen) atoms. The normalized spacial score (nSPS) is 9.89. The number of rotatable bonds is 3. The summed E-state index contributed by atoms with van der Waals surface area (Å²) in [7, 11) is 0. The lowest BCUT2D eigenvalue weighted by atomic mass is 9.95. The molecule has 5 nitrogen and oxygen atoms in total. The Morgan fingerprint density at radius 3 is 1.84 bits per heavy atom. The number of aromatic carboxylic acids is 1. The van der Waals surface area contributed by atoms with Crippen molar-refractivity contribution in [3.8, 4) is 11.1 Å². The number of benzene rings is 2. The fraction of sp³-hybridized carbons (Fsp3) is 0. The Labute approximate surface area is 108 Å². The van der Waals surface area contributed by atoms with Crippen molar-refractivity contribution in [2.24, 2.45) is 5.18 Å². The summed E-state index contributed by atoms with van der Waals surface area (Å²) >= 11 is 0. The summed E-state index contributed by atoms with van der Waals surface area (Å²) in [5, 5.41) is 11.5. The second-order valence-electron chi connectivity index (χ2n) is 3.79. The first-order valence-electron chi connectivity index (χ1n) is 5.44. The fourth-order valence-corrected chi connectivity index (χ4v) is 1.86. The number of carboxylic acids is 1. The van der Waals surface area contributed by atoms with Gasteiger partial charge >= 0.3 is 11.9 Å². The predicted molar refractivity (Wildman–Crippen MR) is 69.0 cm³/mol. The van der Waals surface area contributed by atoms with Crippen molar-refractivity contribution in [3.63, 3.8) is 0 Å². The molecule has 1 amide bonds. The highest BCUT2D eigenvalue weighted by Crippen LogP contribution is 2.27. The van der Waals surface area contributed by atoms with Gasteiger partial charge in [0.25, 0.3) is 0 Å². The SMILES string of the molecule is O=NC(=O)c1ccccc1-c1ccccc1C(=O)O. The van der Waals surface area contributed by atoms with Crippen LogP contribution in [0.4, 0.5) is 0 Å². The maximum absolute atomic E-state index is 11.5. The van der Waals surface area contributed by atoms with Crippen LogP contribution in [-0.2, 0) is 0 Å². The van der Waals surface area contributed by atoms with Gasteiger partial charge in [0.1, 0.15) is 0 Å². The fourth-order valence-electron chi connectivity index (χ4n) is 1.86. The van der Waals surface area contributed by atoms with Crippen LogP contribution in [0, 0.1) is 4.91 Å². The molecule has 0 aliphatic heterocycles. The smallest absolute Gasteiger partial charge is 0.336 e. The van der Waals surface area contributed by atoms with E-state index in [2.05, 4.69) is 5.18 Å². The molecule has 0 aliphatic rings. The van der Waals surface area contributed by atoms with Gasteiger partial charge < -0.3 is 5.11 Å². The van der Waals surface area contributed by atoms with Crippen molar-refractivity contribution in [3.05, 3.63) is 64.6 Å². The second-order valence-corrected chi connectivity index (χ2v) is 3.79. The molecule has 2 aromatic rings. The first kappa shape index (κ1) is 12.6. The van der Waals surface area contributed by atoms with E-state index in [-0.39, 0.29) is 11.1 Å². The van der Waals surface area contributed by atoms with Crippen LogP contribution in [0.1, 0.15) is 20.7 Å². The van der Waals surface area contributed by atoms with Gasteiger partial charge in [-0.1, -0.05) is 36.4 Å². The minimum absolute atomic E-state index is 0.0636. The van der Waals surface area contributed by atoms with Gasteiger partial charge in [0.2, 0.25) is 0 Å². The lowest BCUT2D eigenvalue weighted by Gasteiger charge is -2.08. The van der Waals surface area contributed by atoms with Crippen LogP contribution in [0.15, 0.2) is 53.7 Å². The highest BCUT2D eigenvalue weighted by atomic mass is 16.4. The minimum atomic E-state index is -1.10. The highest BCUT2D eigenvalue weighted by Gasteiger charge is 2.17. The predicted octanol–water partition coefficient (Wildman–Crippen LogP) is 2.96. The Morgan fingerprint density at radius 1 is 0.842 bits per heavy atom. The van der Waals surface area contributed by atoms with E-state index in [4.69, 9.17) is 5.11 Å². The van der Waals surface area contributed by atoms with Gasteiger partial charge in [0.05, 0.1) is 11.1 Å². The van der Waals surface area contributed by atoms with E-state index in [0.717, 1.165) is 0 Å². The van der Waals surface area contributed by atoms with Crippen molar-refractivity contribution in [2.45, 2.75) is 0 Å². The summed E-state index contributed by atoms with van der Waals surface area (Å²) in [4.78, 5) is 33.0. The first-order valence-corrected chi connectivity index (χ1v) is 5.44. The maximum Gasteiger partial charge on any atom is 0.336 e. The van der Waals surface area contributed by atoms with E-state index in [1.54, 1.807) is 36.4 Å². The molecule has 2 rings (SSSR count). The van der Waals surface area contributed by atoms with Gasteiger partial charge in [-0.2, -0.15) is 0 Å². The largest absolute Gasteiger partial charge is 0.478 e. The molecule has 94 valence electrons. The molecule has 0 aromatic heterocycles. The zero-order valence-electron chi connectivity index (χ0n) is 9.74. The minimum Gasteiger partial charge on any atom is -0.478 e. The Hall–Kier alpha value is -2.82. The van der Waals surface area contributed by atoms with Crippen LogP contribution in [0.3, 0.4) is 0 Å². The van der Waals surface area contributed by atoms with E-state index in [0.29, 0.717) is 11.1 Å². The second kappa shape index (κ2) is 5.22. The van der Waals surface area contributed by atoms with Gasteiger partial charge in [-0.25, -0.2) is 4.79 Å². The third-order valence-corrected chi connectivity index (χ3v) is 2.69. The summed E-state index contributed by atoms with van der Waals surface area (Å²) < 4.78 is 0. The van der Waals surface area contributed by atoms with Crippen molar-refractivity contribution in [2.75, 3.05) is 0 Å². The summed E-state index contributed by atoms with van der Waals surface area (Å²) in [6.07, 6.45) is 0. The summed E-state index contributed by atoms with van der Waals surface area (Å²) in [6, 6.07) is 12.6. The number of carboxylic acid groups (broad SMARTS) is 1. The Bertz CT molecular complexity index is 664. The molecule has 0 radical (unpaired) electrons. The quantitative estimate of drug-likeness (QED) is 0.854. The zero-order chi connectivity index (χ0) is 13.8. The third-order valence-electron chi connectivity index (χ3n) is 2.69.